The van der Waals surface area contributed by atoms with Crippen LogP contribution < -0.4 is 10.2 Å². The largest absolute Gasteiger partial charge is 0.373 e. The minimum absolute atomic E-state index is 0.649. The van der Waals surface area contributed by atoms with Gasteiger partial charge in [-0.1, -0.05) is 19.3 Å². The van der Waals surface area contributed by atoms with Gasteiger partial charge in [-0.15, -0.1) is 0 Å². The van der Waals surface area contributed by atoms with E-state index in [1.165, 1.54) is 50.5 Å². The van der Waals surface area contributed by atoms with Crippen molar-refractivity contribution in [2.75, 3.05) is 30.4 Å². The molecule has 1 aliphatic heterocycles. The van der Waals surface area contributed by atoms with Crippen molar-refractivity contribution in [2.24, 2.45) is 5.41 Å². The van der Waals surface area contributed by atoms with Gasteiger partial charge in [-0.3, -0.25) is 0 Å². The molecule has 1 N–H and O–H groups in total. The summed E-state index contributed by atoms with van der Waals surface area (Å²) >= 11 is 0. The normalized spacial score (nSPS) is 21.6. The summed E-state index contributed by atoms with van der Waals surface area (Å²) in [5, 5.41) is 3.19. The topological polar surface area (TPSA) is 41.1 Å². The fourth-order valence-corrected chi connectivity index (χ4v) is 4.16. The second kappa shape index (κ2) is 5.82. The number of aryl methyl sites for hydroxylation is 1. The Kier molecular flexibility index (Phi) is 4.05. The predicted molar refractivity (Wildman–Crippen MR) is 88.0 cm³/mol. The van der Waals surface area contributed by atoms with Crippen LogP contribution >= 0.6 is 0 Å². The first-order chi connectivity index (χ1) is 10.1. The lowest BCUT2D eigenvalue weighted by molar-refractivity contribution is 0.144. The van der Waals surface area contributed by atoms with E-state index in [0.717, 1.165) is 30.5 Å². The van der Waals surface area contributed by atoms with Crippen molar-refractivity contribution in [3.63, 3.8) is 0 Å². The van der Waals surface area contributed by atoms with Crippen molar-refractivity contribution in [2.45, 2.75) is 58.8 Å². The molecule has 1 aromatic heterocycles. The highest BCUT2D eigenvalue weighted by Crippen LogP contribution is 2.45. The van der Waals surface area contributed by atoms with E-state index >= 15 is 0 Å². The molecule has 2 heterocycles. The maximum Gasteiger partial charge on any atom is 0.137 e. The fraction of sp³-hybridized carbons (Fsp3) is 0.765. The van der Waals surface area contributed by atoms with Gasteiger partial charge in [-0.05, 0) is 44.9 Å². The molecule has 2 aliphatic rings. The number of hydrogen-bond donors (Lipinski definition) is 1. The highest BCUT2D eigenvalue weighted by atomic mass is 15.2. The molecule has 1 aliphatic carbocycles. The molecule has 0 bridgehead atoms. The summed E-state index contributed by atoms with van der Waals surface area (Å²) in [6.07, 6.45) is 9.90. The lowest BCUT2D eigenvalue weighted by Gasteiger charge is -2.45. The molecular formula is C17H28N4. The molecule has 4 nitrogen and oxygen atoms in total. The Hall–Kier alpha value is -1.32. The number of hydrogen-bond acceptors (Lipinski definition) is 4. The Morgan fingerprint density at radius 3 is 2.24 bits per heavy atom. The van der Waals surface area contributed by atoms with Crippen LogP contribution in [-0.2, 0) is 0 Å². The molecular weight excluding hydrogens is 260 g/mol. The van der Waals surface area contributed by atoms with Gasteiger partial charge >= 0.3 is 0 Å². The van der Waals surface area contributed by atoms with Crippen molar-refractivity contribution in [3.05, 3.63) is 11.4 Å². The van der Waals surface area contributed by atoms with Crippen LogP contribution in [0.5, 0.6) is 0 Å². The van der Waals surface area contributed by atoms with E-state index in [9.17, 15) is 0 Å². The van der Waals surface area contributed by atoms with Crippen molar-refractivity contribution < 1.29 is 0 Å². The van der Waals surface area contributed by atoms with E-state index in [2.05, 4.69) is 22.1 Å². The van der Waals surface area contributed by atoms with Gasteiger partial charge in [0.1, 0.15) is 17.5 Å². The van der Waals surface area contributed by atoms with Crippen molar-refractivity contribution in [1.29, 1.82) is 0 Å². The average Bonchev–Trinajstić information content (AvgIpc) is 2.51. The Balaban J connectivity index is 1.76. The summed E-state index contributed by atoms with van der Waals surface area (Å²) in [6.45, 7) is 6.42. The highest BCUT2D eigenvalue weighted by Gasteiger charge is 2.36. The third kappa shape index (κ3) is 2.85. The fourth-order valence-electron chi connectivity index (χ4n) is 4.16. The predicted octanol–water partition coefficient (Wildman–Crippen LogP) is 3.69. The molecule has 21 heavy (non-hydrogen) atoms. The number of aromatic nitrogens is 2. The van der Waals surface area contributed by atoms with Gasteiger partial charge in [-0.25, -0.2) is 9.97 Å². The van der Waals surface area contributed by atoms with Gasteiger partial charge in [0.25, 0.3) is 0 Å². The molecule has 3 rings (SSSR count). The first-order valence-corrected chi connectivity index (χ1v) is 8.41. The maximum atomic E-state index is 4.71. The van der Waals surface area contributed by atoms with Crippen molar-refractivity contribution in [1.82, 2.24) is 9.97 Å². The maximum absolute atomic E-state index is 4.71. The highest BCUT2D eigenvalue weighted by molar-refractivity contribution is 5.58. The van der Waals surface area contributed by atoms with E-state index < -0.39 is 0 Å². The molecule has 1 saturated heterocycles. The lowest BCUT2D eigenvalue weighted by atomic mass is 9.68. The van der Waals surface area contributed by atoms with Crippen LogP contribution in [-0.4, -0.2) is 30.1 Å². The molecule has 0 atom stereocenters. The molecule has 116 valence electrons. The zero-order valence-electron chi connectivity index (χ0n) is 13.7. The zero-order chi connectivity index (χ0) is 14.9. The Bertz CT molecular complexity index is 496. The van der Waals surface area contributed by atoms with E-state index in [1.807, 2.05) is 14.0 Å². The third-order valence-electron chi connectivity index (χ3n) is 5.51. The van der Waals surface area contributed by atoms with E-state index in [-0.39, 0.29) is 0 Å². The molecule has 2 fully saturated rings. The minimum Gasteiger partial charge on any atom is -0.373 e. The third-order valence-corrected chi connectivity index (χ3v) is 5.51. The standard InChI is InChI=1S/C17H28N4/c1-13-15(18-3)19-14(2)20-16(13)21-11-9-17(10-12-21)7-5-4-6-8-17/h4-12H2,1-3H3,(H,18,19,20). The van der Waals surface area contributed by atoms with E-state index in [4.69, 9.17) is 4.98 Å². The summed E-state index contributed by atoms with van der Waals surface area (Å²) < 4.78 is 0. The summed E-state index contributed by atoms with van der Waals surface area (Å²) in [5.41, 5.74) is 1.83. The van der Waals surface area contributed by atoms with Crippen LogP contribution in [0, 0.1) is 19.3 Å². The van der Waals surface area contributed by atoms with Gasteiger partial charge in [0, 0.05) is 25.7 Å². The molecule has 1 spiro atoms. The van der Waals surface area contributed by atoms with Crippen LogP contribution in [0.25, 0.3) is 0 Å². The monoisotopic (exact) mass is 288 g/mol. The first-order valence-electron chi connectivity index (χ1n) is 8.41. The summed E-state index contributed by atoms with van der Waals surface area (Å²) in [6, 6.07) is 0. The van der Waals surface area contributed by atoms with Gasteiger partial charge in [0.05, 0.1) is 0 Å². The molecule has 0 aromatic carbocycles. The Labute approximate surface area is 128 Å². The second-order valence-electron chi connectivity index (χ2n) is 6.87. The number of rotatable bonds is 2. The number of nitrogens with zero attached hydrogens (tertiary/aromatic N) is 3. The average molecular weight is 288 g/mol. The number of nitrogens with one attached hydrogen (secondary N) is 1. The molecule has 0 amide bonds. The first kappa shape index (κ1) is 14.6. The second-order valence-corrected chi connectivity index (χ2v) is 6.87. The minimum atomic E-state index is 0.649. The molecule has 4 heteroatoms. The van der Waals surface area contributed by atoms with Crippen molar-refractivity contribution >= 4 is 11.6 Å². The zero-order valence-corrected chi connectivity index (χ0v) is 13.7. The quantitative estimate of drug-likeness (QED) is 0.901. The van der Waals surface area contributed by atoms with Gasteiger partial charge < -0.3 is 10.2 Å². The lowest BCUT2D eigenvalue weighted by Crippen LogP contribution is -2.41. The van der Waals surface area contributed by atoms with Crippen LogP contribution in [0.3, 0.4) is 0 Å². The van der Waals surface area contributed by atoms with Crippen molar-refractivity contribution in [3.8, 4) is 0 Å². The Morgan fingerprint density at radius 1 is 0.952 bits per heavy atom. The van der Waals surface area contributed by atoms with Crippen LogP contribution in [0.1, 0.15) is 56.3 Å². The molecule has 1 saturated carbocycles. The van der Waals surface area contributed by atoms with Gasteiger partial charge in [-0.2, -0.15) is 0 Å². The SMILES string of the molecule is CNc1nc(C)nc(N2CCC3(CCCCC3)CC2)c1C. The number of anilines is 2. The number of piperidine rings is 1. The van der Waals surface area contributed by atoms with E-state index in [1.54, 1.807) is 0 Å². The molecule has 0 radical (unpaired) electrons. The Morgan fingerprint density at radius 2 is 1.62 bits per heavy atom. The summed E-state index contributed by atoms with van der Waals surface area (Å²) in [4.78, 5) is 11.7. The molecule has 1 aromatic rings. The van der Waals surface area contributed by atoms with Crippen LogP contribution in [0.4, 0.5) is 11.6 Å². The summed E-state index contributed by atoms with van der Waals surface area (Å²) in [5.74, 6) is 2.96. The van der Waals surface area contributed by atoms with E-state index in [0.29, 0.717) is 5.41 Å². The van der Waals surface area contributed by atoms with Crippen LogP contribution in [0.15, 0.2) is 0 Å². The summed E-state index contributed by atoms with van der Waals surface area (Å²) in [7, 11) is 1.94. The smallest absolute Gasteiger partial charge is 0.137 e. The van der Waals surface area contributed by atoms with Crippen LogP contribution in [0.2, 0.25) is 0 Å². The molecule has 0 unspecified atom stereocenters. The van der Waals surface area contributed by atoms with Gasteiger partial charge in [0.15, 0.2) is 0 Å². The van der Waals surface area contributed by atoms with Gasteiger partial charge in [0.2, 0.25) is 0 Å².